The third-order valence-electron chi connectivity index (χ3n) is 5.65. The smallest absolute Gasteiger partial charge is 0.336 e. The van der Waals surface area contributed by atoms with Crippen molar-refractivity contribution in [2.45, 2.75) is 64.7 Å². The second-order valence-electron chi connectivity index (χ2n) is 8.58. The van der Waals surface area contributed by atoms with E-state index >= 15 is 0 Å². The molecule has 0 aliphatic heterocycles. The molecule has 1 aromatic heterocycles. The quantitative estimate of drug-likeness (QED) is 0.692. The topological polar surface area (TPSA) is 37.3 Å². The molecule has 0 saturated heterocycles. The Hall–Kier alpha value is -2.05. The Bertz CT molecular complexity index is 919. The summed E-state index contributed by atoms with van der Waals surface area (Å²) in [7, 11) is 0. The number of fused-ring (bicyclic) bond motifs is 1. The summed E-state index contributed by atoms with van der Waals surface area (Å²) >= 11 is 1.39. The zero-order valence-corrected chi connectivity index (χ0v) is 17.0. The molecule has 0 bridgehead atoms. The van der Waals surface area contributed by atoms with Crippen LogP contribution >= 0.6 is 11.3 Å². The summed E-state index contributed by atoms with van der Waals surface area (Å²) in [5, 5.41) is 10.6. The van der Waals surface area contributed by atoms with Gasteiger partial charge in [-0.05, 0) is 58.9 Å². The molecule has 0 spiro atoms. The number of aryl methyl sites for hydroxylation is 1. The minimum Gasteiger partial charge on any atom is -0.478 e. The summed E-state index contributed by atoms with van der Waals surface area (Å²) in [6.45, 7) is 11.5. The van der Waals surface area contributed by atoms with Gasteiger partial charge in [0.25, 0.3) is 0 Å². The van der Waals surface area contributed by atoms with E-state index in [1.54, 1.807) is 11.4 Å². The first kappa shape index (κ1) is 18.7. The molecule has 2 aromatic rings. The van der Waals surface area contributed by atoms with E-state index in [-0.39, 0.29) is 10.8 Å². The molecule has 0 atom stereocenters. The van der Waals surface area contributed by atoms with Gasteiger partial charge in [-0.3, -0.25) is 0 Å². The number of hydrogen-bond acceptors (Lipinski definition) is 2. The van der Waals surface area contributed by atoms with Crippen LogP contribution in [0.4, 0.5) is 0 Å². The third-order valence-corrected chi connectivity index (χ3v) is 6.49. The van der Waals surface area contributed by atoms with Crippen molar-refractivity contribution in [3.05, 3.63) is 56.3 Å². The largest absolute Gasteiger partial charge is 0.478 e. The number of benzene rings is 1. The molecular formula is C23H26O2S. The van der Waals surface area contributed by atoms with Crippen LogP contribution in [0.25, 0.3) is 0 Å². The number of carboxylic acid groups (broad SMARTS) is 1. The van der Waals surface area contributed by atoms with Crippen molar-refractivity contribution in [3.8, 4) is 11.8 Å². The molecule has 2 nitrogen and oxygen atoms in total. The van der Waals surface area contributed by atoms with Crippen LogP contribution in [0.2, 0.25) is 0 Å². The second-order valence-corrected chi connectivity index (χ2v) is 9.49. The molecular weight excluding hydrogens is 340 g/mol. The Kier molecular flexibility index (Phi) is 4.75. The van der Waals surface area contributed by atoms with E-state index in [1.807, 2.05) is 0 Å². The van der Waals surface area contributed by atoms with Crippen LogP contribution in [0.3, 0.4) is 0 Å². The first-order chi connectivity index (χ1) is 12.1. The number of hydrogen-bond donors (Lipinski definition) is 1. The Labute approximate surface area is 160 Å². The van der Waals surface area contributed by atoms with Crippen LogP contribution in [-0.4, -0.2) is 11.1 Å². The van der Waals surface area contributed by atoms with E-state index in [2.05, 4.69) is 58.6 Å². The van der Waals surface area contributed by atoms with Crippen molar-refractivity contribution >= 4 is 17.3 Å². The molecule has 1 aliphatic carbocycles. The van der Waals surface area contributed by atoms with Gasteiger partial charge in [0.15, 0.2) is 0 Å². The molecule has 1 aromatic carbocycles. The van der Waals surface area contributed by atoms with Crippen molar-refractivity contribution in [1.29, 1.82) is 0 Å². The van der Waals surface area contributed by atoms with Crippen LogP contribution in [0.1, 0.15) is 78.0 Å². The molecule has 3 heteroatoms. The lowest BCUT2D eigenvalue weighted by molar-refractivity contribution is 0.0697. The van der Waals surface area contributed by atoms with Gasteiger partial charge < -0.3 is 5.11 Å². The first-order valence-corrected chi connectivity index (χ1v) is 9.93. The van der Waals surface area contributed by atoms with Crippen molar-refractivity contribution in [3.63, 3.8) is 0 Å². The fourth-order valence-corrected chi connectivity index (χ4v) is 4.45. The summed E-state index contributed by atoms with van der Waals surface area (Å²) in [6.07, 6.45) is 3.11. The number of aromatic carboxylic acids is 1. The second kappa shape index (κ2) is 6.59. The number of carbonyl (C=O) groups is 1. The van der Waals surface area contributed by atoms with Gasteiger partial charge in [0.05, 0.1) is 10.4 Å². The van der Waals surface area contributed by atoms with E-state index in [4.69, 9.17) is 5.11 Å². The maximum Gasteiger partial charge on any atom is 0.336 e. The molecule has 0 unspecified atom stereocenters. The lowest BCUT2D eigenvalue weighted by Crippen LogP contribution is -2.34. The van der Waals surface area contributed by atoms with E-state index in [9.17, 15) is 4.79 Å². The third kappa shape index (κ3) is 3.57. The molecule has 1 N–H and O–H groups in total. The van der Waals surface area contributed by atoms with Gasteiger partial charge in [0.1, 0.15) is 0 Å². The Balaban J connectivity index is 1.90. The van der Waals surface area contributed by atoms with Gasteiger partial charge in [-0.25, -0.2) is 4.79 Å². The monoisotopic (exact) mass is 366 g/mol. The van der Waals surface area contributed by atoms with E-state index in [0.717, 1.165) is 4.88 Å². The lowest BCUT2D eigenvalue weighted by atomic mass is 9.62. The number of carboxylic acids is 1. The molecule has 0 fully saturated rings. The minimum absolute atomic E-state index is 0.199. The summed E-state index contributed by atoms with van der Waals surface area (Å²) in [5.41, 5.74) is 6.24. The molecule has 0 amide bonds. The summed E-state index contributed by atoms with van der Waals surface area (Å²) in [6, 6.07) is 6.36. The Morgan fingerprint density at radius 3 is 2.31 bits per heavy atom. The molecule has 136 valence electrons. The predicted molar refractivity (Wildman–Crippen MR) is 108 cm³/mol. The molecule has 0 radical (unpaired) electrons. The zero-order valence-electron chi connectivity index (χ0n) is 16.2. The van der Waals surface area contributed by atoms with E-state index in [1.165, 1.54) is 46.4 Å². The van der Waals surface area contributed by atoms with Crippen LogP contribution in [-0.2, 0) is 17.3 Å². The SMILES string of the molecule is Cc1cc2c(cc1CC#Cc1cc(C(=O)O)cs1)C(C)(C)CCC2(C)C. The van der Waals surface area contributed by atoms with Crippen LogP contribution < -0.4 is 0 Å². The predicted octanol–water partition coefficient (Wildman–Crippen LogP) is 5.70. The van der Waals surface area contributed by atoms with Gasteiger partial charge >= 0.3 is 5.97 Å². The average molecular weight is 367 g/mol. The van der Waals surface area contributed by atoms with Crippen LogP contribution in [0, 0.1) is 18.8 Å². The van der Waals surface area contributed by atoms with Crippen molar-refractivity contribution < 1.29 is 9.90 Å². The molecule has 3 rings (SSSR count). The van der Waals surface area contributed by atoms with Crippen LogP contribution in [0.5, 0.6) is 0 Å². The summed E-state index contributed by atoms with van der Waals surface area (Å²) < 4.78 is 0. The highest BCUT2D eigenvalue weighted by Crippen LogP contribution is 2.46. The maximum absolute atomic E-state index is 11.0. The Morgan fingerprint density at radius 2 is 1.73 bits per heavy atom. The first-order valence-electron chi connectivity index (χ1n) is 9.05. The molecule has 1 heterocycles. The lowest BCUT2D eigenvalue weighted by Gasteiger charge is -2.42. The molecule has 0 saturated carbocycles. The van der Waals surface area contributed by atoms with Gasteiger partial charge in [-0.15, -0.1) is 11.3 Å². The van der Waals surface area contributed by atoms with Crippen LogP contribution in [0.15, 0.2) is 23.6 Å². The van der Waals surface area contributed by atoms with E-state index < -0.39 is 5.97 Å². The average Bonchev–Trinajstić information content (AvgIpc) is 3.02. The normalized spacial score (nSPS) is 17.1. The van der Waals surface area contributed by atoms with Gasteiger partial charge in [-0.2, -0.15) is 0 Å². The van der Waals surface area contributed by atoms with E-state index in [0.29, 0.717) is 12.0 Å². The maximum atomic E-state index is 11.0. The summed E-state index contributed by atoms with van der Waals surface area (Å²) in [5.74, 6) is 5.45. The highest BCUT2D eigenvalue weighted by atomic mass is 32.1. The fraction of sp³-hybridized carbons (Fsp3) is 0.435. The van der Waals surface area contributed by atoms with Gasteiger partial charge in [0, 0.05) is 11.8 Å². The number of rotatable bonds is 2. The zero-order chi connectivity index (χ0) is 19.1. The highest BCUT2D eigenvalue weighted by molar-refractivity contribution is 7.10. The van der Waals surface area contributed by atoms with Crippen molar-refractivity contribution in [2.75, 3.05) is 0 Å². The van der Waals surface area contributed by atoms with Gasteiger partial charge in [0.2, 0.25) is 0 Å². The molecule has 26 heavy (non-hydrogen) atoms. The van der Waals surface area contributed by atoms with Crippen molar-refractivity contribution in [1.82, 2.24) is 0 Å². The standard InChI is InChI=1S/C23H26O2S/c1-15-11-19-20(23(4,5)10-9-22(19,2)3)13-16(15)7-6-8-18-12-17(14-26-18)21(24)25/h11-14H,7,9-10H2,1-5H3,(H,24,25). The Morgan fingerprint density at radius 1 is 1.12 bits per heavy atom. The van der Waals surface area contributed by atoms with Gasteiger partial charge in [-0.1, -0.05) is 51.7 Å². The summed E-state index contributed by atoms with van der Waals surface area (Å²) in [4.78, 5) is 11.8. The number of thiophene rings is 1. The van der Waals surface area contributed by atoms with Crippen molar-refractivity contribution in [2.24, 2.45) is 0 Å². The fourth-order valence-electron chi connectivity index (χ4n) is 3.70. The minimum atomic E-state index is -0.898. The molecule has 1 aliphatic rings. The highest BCUT2D eigenvalue weighted by Gasteiger charge is 2.37.